The van der Waals surface area contributed by atoms with Crippen LogP contribution in [0.4, 0.5) is 0 Å². The van der Waals surface area contributed by atoms with E-state index >= 15 is 0 Å². The van der Waals surface area contributed by atoms with E-state index < -0.39 is 0 Å². The number of ether oxygens (including phenoxy) is 1. The molecule has 1 aromatic heterocycles. The van der Waals surface area contributed by atoms with E-state index in [-0.39, 0.29) is 23.6 Å². The summed E-state index contributed by atoms with van der Waals surface area (Å²) in [7, 11) is 1.63. The molecule has 6 nitrogen and oxygen atoms in total. The van der Waals surface area contributed by atoms with Crippen LogP contribution in [-0.2, 0) is 11.8 Å². The van der Waals surface area contributed by atoms with Crippen molar-refractivity contribution in [1.82, 2.24) is 14.9 Å². The Bertz CT molecular complexity index is 945. The summed E-state index contributed by atoms with van der Waals surface area (Å²) < 4.78 is 7.54. The molecule has 25 heavy (non-hydrogen) atoms. The molecule has 1 saturated heterocycles. The second kappa shape index (κ2) is 6.38. The predicted molar refractivity (Wildman–Crippen MR) is 97.3 cm³/mol. The maximum absolute atomic E-state index is 12.6. The highest BCUT2D eigenvalue weighted by atomic mass is 32.1. The SMILES string of the molecule is Cn1c(=S)[nH]c2cc(C(=O)NC3CCOC(C4CC4)C3)ccc2c1=O. The first-order valence-corrected chi connectivity index (χ1v) is 9.09. The Morgan fingerprint density at radius 2 is 2.16 bits per heavy atom. The number of aromatic nitrogens is 2. The molecule has 1 aliphatic carbocycles. The molecular weight excluding hydrogens is 338 g/mol. The van der Waals surface area contributed by atoms with E-state index in [1.807, 2.05) is 0 Å². The van der Waals surface area contributed by atoms with Crippen molar-refractivity contribution in [3.05, 3.63) is 38.9 Å². The molecule has 0 spiro atoms. The molecule has 0 bridgehead atoms. The predicted octanol–water partition coefficient (Wildman–Crippen LogP) is 2.28. The summed E-state index contributed by atoms with van der Waals surface area (Å²) in [5, 5.41) is 3.63. The first-order chi connectivity index (χ1) is 12.0. The number of rotatable bonds is 3. The average Bonchev–Trinajstić information content (AvgIpc) is 3.45. The largest absolute Gasteiger partial charge is 0.378 e. The third-order valence-electron chi connectivity index (χ3n) is 5.16. The highest BCUT2D eigenvalue weighted by Crippen LogP contribution is 2.38. The third kappa shape index (κ3) is 3.26. The van der Waals surface area contributed by atoms with Crippen molar-refractivity contribution in [2.45, 2.75) is 37.8 Å². The van der Waals surface area contributed by atoms with Gasteiger partial charge in [0.1, 0.15) is 0 Å². The van der Waals surface area contributed by atoms with Crippen molar-refractivity contribution in [3.8, 4) is 0 Å². The maximum atomic E-state index is 12.6. The van der Waals surface area contributed by atoms with Gasteiger partial charge in [-0.3, -0.25) is 14.2 Å². The molecule has 132 valence electrons. The minimum atomic E-state index is -0.164. The molecule has 4 rings (SSSR count). The molecule has 1 aliphatic heterocycles. The van der Waals surface area contributed by atoms with Crippen molar-refractivity contribution in [1.29, 1.82) is 0 Å². The molecule has 2 N–H and O–H groups in total. The first kappa shape index (κ1) is 16.5. The van der Waals surface area contributed by atoms with Gasteiger partial charge >= 0.3 is 0 Å². The fraction of sp³-hybridized carbons (Fsp3) is 0.500. The smallest absolute Gasteiger partial charge is 0.261 e. The Balaban J connectivity index is 1.54. The Kier molecular flexibility index (Phi) is 4.21. The van der Waals surface area contributed by atoms with Crippen LogP contribution in [0, 0.1) is 10.7 Å². The number of nitrogens with one attached hydrogen (secondary N) is 2. The van der Waals surface area contributed by atoms with Crippen molar-refractivity contribution >= 4 is 29.0 Å². The summed E-state index contributed by atoms with van der Waals surface area (Å²) in [4.78, 5) is 27.8. The molecule has 2 heterocycles. The summed E-state index contributed by atoms with van der Waals surface area (Å²) in [6, 6.07) is 5.20. The van der Waals surface area contributed by atoms with Crippen LogP contribution in [-0.4, -0.2) is 34.2 Å². The van der Waals surface area contributed by atoms with Crippen LogP contribution in [0.5, 0.6) is 0 Å². The maximum Gasteiger partial charge on any atom is 0.261 e. The standard InChI is InChI=1S/C18H21N3O3S/c1-21-17(23)13-5-4-11(8-14(13)20-18(21)25)16(22)19-12-6-7-24-15(9-12)10-2-3-10/h4-5,8,10,12,15H,2-3,6-7,9H2,1H3,(H,19,22)(H,20,25). The zero-order chi connectivity index (χ0) is 17.6. The van der Waals surface area contributed by atoms with Crippen LogP contribution in [0.15, 0.2) is 23.0 Å². The number of hydrogen-bond donors (Lipinski definition) is 2. The fourth-order valence-electron chi connectivity index (χ4n) is 3.47. The molecule has 1 saturated carbocycles. The molecule has 2 atom stereocenters. The minimum Gasteiger partial charge on any atom is -0.378 e. The van der Waals surface area contributed by atoms with E-state index in [1.54, 1.807) is 25.2 Å². The Morgan fingerprint density at radius 3 is 2.92 bits per heavy atom. The quantitative estimate of drug-likeness (QED) is 0.825. The van der Waals surface area contributed by atoms with Gasteiger partial charge in [-0.1, -0.05) is 0 Å². The number of carbonyl (C=O) groups excluding carboxylic acids is 1. The Labute approximate surface area is 150 Å². The van der Waals surface area contributed by atoms with Gasteiger partial charge in [-0.25, -0.2) is 0 Å². The van der Waals surface area contributed by atoms with Crippen molar-refractivity contribution in [2.24, 2.45) is 13.0 Å². The second-order valence-corrected chi connectivity index (χ2v) is 7.38. The van der Waals surface area contributed by atoms with E-state index in [2.05, 4.69) is 10.3 Å². The number of fused-ring (bicyclic) bond motifs is 1. The minimum absolute atomic E-state index is 0.122. The van der Waals surface area contributed by atoms with Gasteiger partial charge in [-0.15, -0.1) is 0 Å². The number of benzene rings is 1. The molecule has 7 heteroatoms. The zero-order valence-electron chi connectivity index (χ0n) is 14.1. The van der Waals surface area contributed by atoms with Crippen LogP contribution >= 0.6 is 12.2 Å². The van der Waals surface area contributed by atoms with Crippen LogP contribution in [0.2, 0.25) is 0 Å². The van der Waals surface area contributed by atoms with Crippen LogP contribution < -0.4 is 10.9 Å². The van der Waals surface area contributed by atoms with E-state index in [0.29, 0.717) is 33.8 Å². The molecule has 1 amide bonds. The van der Waals surface area contributed by atoms with Crippen LogP contribution in [0.25, 0.3) is 10.9 Å². The molecule has 1 aromatic carbocycles. The normalized spacial score (nSPS) is 23.6. The number of aromatic amines is 1. The van der Waals surface area contributed by atoms with Gasteiger partial charge in [-0.05, 0) is 62.0 Å². The van der Waals surface area contributed by atoms with Crippen molar-refractivity contribution < 1.29 is 9.53 Å². The van der Waals surface area contributed by atoms with Gasteiger partial charge in [0, 0.05) is 25.3 Å². The Hall–Kier alpha value is -1.99. The molecule has 0 radical (unpaired) electrons. The summed E-state index contributed by atoms with van der Waals surface area (Å²) >= 11 is 5.14. The van der Waals surface area contributed by atoms with Gasteiger partial charge < -0.3 is 15.0 Å². The molecule has 2 unspecified atom stereocenters. The average molecular weight is 359 g/mol. The molecule has 2 fully saturated rings. The lowest BCUT2D eigenvalue weighted by molar-refractivity contribution is -0.0102. The van der Waals surface area contributed by atoms with Gasteiger partial charge in [0.15, 0.2) is 4.77 Å². The topological polar surface area (TPSA) is 76.1 Å². The molecular formula is C18H21N3O3S. The fourth-order valence-corrected chi connectivity index (χ4v) is 3.66. The van der Waals surface area contributed by atoms with Gasteiger partial charge in [0.2, 0.25) is 0 Å². The zero-order valence-corrected chi connectivity index (χ0v) is 14.9. The molecule has 2 aliphatic rings. The Morgan fingerprint density at radius 1 is 1.36 bits per heavy atom. The lowest BCUT2D eigenvalue weighted by Gasteiger charge is -2.30. The third-order valence-corrected chi connectivity index (χ3v) is 5.54. The van der Waals surface area contributed by atoms with E-state index in [1.165, 1.54) is 17.4 Å². The number of hydrogen-bond acceptors (Lipinski definition) is 4. The lowest BCUT2D eigenvalue weighted by Crippen LogP contribution is -2.42. The van der Waals surface area contributed by atoms with Gasteiger partial charge in [0.05, 0.1) is 17.0 Å². The number of amides is 1. The number of carbonyl (C=O) groups is 1. The van der Waals surface area contributed by atoms with E-state index in [9.17, 15) is 9.59 Å². The second-order valence-electron chi connectivity index (χ2n) is 7.00. The van der Waals surface area contributed by atoms with Crippen molar-refractivity contribution in [2.75, 3.05) is 6.61 Å². The monoisotopic (exact) mass is 359 g/mol. The van der Waals surface area contributed by atoms with E-state index in [0.717, 1.165) is 12.8 Å². The first-order valence-electron chi connectivity index (χ1n) is 8.68. The van der Waals surface area contributed by atoms with Crippen molar-refractivity contribution in [3.63, 3.8) is 0 Å². The van der Waals surface area contributed by atoms with E-state index in [4.69, 9.17) is 17.0 Å². The summed E-state index contributed by atoms with van der Waals surface area (Å²) in [5.41, 5.74) is 0.951. The number of H-pyrrole nitrogens is 1. The summed E-state index contributed by atoms with van der Waals surface area (Å²) in [6.07, 6.45) is 4.49. The highest BCUT2D eigenvalue weighted by Gasteiger charge is 2.36. The van der Waals surface area contributed by atoms with Crippen LogP contribution in [0.1, 0.15) is 36.0 Å². The highest BCUT2D eigenvalue weighted by molar-refractivity contribution is 7.71. The summed E-state index contributed by atoms with van der Waals surface area (Å²) in [6.45, 7) is 0.701. The molecule has 2 aromatic rings. The summed E-state index contributed by atoms with van der Waals surface area (Å²) in [5.74, 6) is 0.556. The van der Waals surface area contributed by atoms with Gasteiger partial charge in [0.25, 0.3) is 11.5 Å². The van der Waals surface area contributed by atoms with Gasteiger partial charge in [-0.2, -0.15) is 0 Å². The van der Waals surface area contributed by atoms with Crippen LogP contribution in [0.3, 0.4) is 0 Å². The number of nitrogens with zero attached hydrogens (tertiary/aromatic N) is 1. The lowest BCUT2D eigenvalue weighted by atomic mass is 9.99.